The quantitative estimate of drug-likeness (QED) is 0.451. The fraction of sp³-hybridized carbons (Fsp3) is 0.444. The molecule has 34 heavy (non-hydrogen) atoms. The van der Waals surface area contributed by atoms with Crippen LogP contribution in [0, 0.1) is 0 Å². The molecule has 7 nitrogen and oxygen atoms in total. The molecular formula is C27H32N2O5. The van der Waals surface area contributed by atoms with Crippen molar-refractivity contribution in [1.82, 2.24) is 10.6 Å². The number of nitrogens with one attached hydrogen (secondary N) is 2. The Morgan fingerprint density at radius 1 is 1.06 bits per heavy atom. The van der Waals surface area contributed by atoms with Gasteiger partial charge in [0.25, 0.3) is 0 Å². The first-order chi connectivity index (χ1) is 16.4. The minimum Gasteiger partial charge on any atom is -0.481 e. The number of fused-ring (bicyclic) bond motifs is 3. The average molecular weight is 465 g/mol. The van der Waals surface area contributed by atoms with Crippen molar-refractivity contribution in [2.75, 3.05) is 6.61 Å². The number of carboxylic acids is 1. The molecule has 180 valence electrons. The van der Waals surface area contributed by atoms with Crippen LogP contribution >= 0.6 is 0 Å². The van der Waals surface area contributed by atoms with Crippen molar-refractivity contribution >= 4 is 18.0 Å². The Hall–Kier alpha value is -3.35. The molecule has 0 saturated heterocycles. The van der Waals surface area contributed by atoms with E-state index in [-0.39, 0.29) is 31.3 Å². The number of ether oxygens (including phenoxy) is 1. The Kier molecular flexibility index (Phi) is 7.20. The Bertz CT molecular complexity index is 1020. The third-order valence-corrected chi connectivity index (χ3v) is 6.76. The predicted molar refractivity (Wildman–Crippen MR) is 128 cm³/mol. The van der Waals surface area contributed by atoms with E-state index >= 15 is 0 Å². The molecule has 0 bridgehead atoms. The molecule has 1 fully saturated rings. The van der Waals surface area contributed by atoms with E-state index < -0.39 is 23.6 Å². The van der Waals surface area contributed by atoms with Crippen molar-refractivity contribution in [1.29, 1.82) is 0 Å². The first kappa shape index (κ1) is 23.8. The molecule has 2 aromatic carbocycles. The average Bonchev–Trinajstić information content (AvgIpc) is 3.47. The van der Waals surface area contributed by atoms with Crippen molar-refractivity contribution in [3.8, 4) is 11.1 Å². The zero-order valence-electron chi connectivity index (χ0n) is 19.5. The van der Waals surface area contributed by atoms with Gasteiger partial charge in [0, 0.05) is 18.4 Å². The van der Waals surface area contributed by atoms with Crippen LogP contribution in [0.25, 0.3) is 11.1 Å². The summed E-state index contributed by atoms with van der Waals surface area (Å²) in [6.45, 7) is 2.25. The molecule has 0 aromatic heterocycles. The lowest BCUT2D eigenvalue weighted by Gasteiger charge is -2.21. The monoisotopic (exact) mass is 464 g/mol. The highest BCUT2D eigenvalue weighted by atomic mass is 16.5. The first-order valence-corrected chi connectivity index (χ1v) is 12.0. The molecule has 0 unspecified atom stereocenters. The summed E-state index contributed by atoms with van der Waals surface area (Å²) in [5, 5.41) is 14.8. The highest BCUT2D eigenvalue weighted by molar-refractivity contribution is 5.81. The molecule has 0 heterocycles. The van der Waals surface area contributed by atoms with Crippen LogP contribution in [0.4, 0.5) is 4.79 Å². The number of rotatable bonds is 11. The zero-order chi connectivity index (χ0) is 24.1. The molecule has 2 amide bonds. The molecule has 0 radical (unpaired) electrons. The van der Waals surface area contributed by atoms with Gasteiger partial charge in [-0.3, -0.25) is 9.59 Å². The highest BCUT2D eigenvalue weighted by Crippen LogP contribution is 2.44. The Morgan fingerprint density at radius 3 is 2.24 bits per heavy atom. The van der Waals surface area contributed by atoms with Gasteiger partial charge >= 0.3 is 12.1 Å². The number of benzene rings is 2. The molecule has 1 atom stereocenters. The summed E-state index contributed by atoms with van der Waals surface area (Å²) >= 11 is 0. The van der Waals surface area contributed by atoms with Crippen molar-refractivity contribution in [2.45, 2.75) is 69.4 Å². The van der Waals surface area contributed by atoms with Crippen LogP contribution in [-0.4, -0.2) is 41.3 Å². The predicted octanol–water partition coefficient (Wildman–Crippen LogP) is 4.60. The Balaban J connectivity index is 1.31. The standard InChI is InChI=1S/C27H32N2O5/c1-2-3-8-18(15-25(31)32)28-24(30)16-27(13-14-27)29-26(33)34-17-23-21-11-6-4-9-19(21)20-10-5-7-12-22(20)23/h4-7,9-12,18,23H,2-3,8,13-17H2,1H3,(H,28,30)(H,29,33)(H,31,32)/t18-/m1/s1. The van der Waals surface area contributed by atoms with Gasteiger partial charge in [-0.2, -0.15) is 0 Å². The van der Waals surface area contributed by atoms with Crippen LogP contribution in [0.1, 0.15) is 68.9 Å². The summed E-state index contributed by atoms with van der Waals surface area (Å²) < 4.78 is 5.62. The largest absolute Gasteiger partial charge is 0.481 e. The number of aliphatic carboxylic acids is 1. The smallest absolute Gasteiger partial charge is 0.407 e. The van der Waals surface area contributed by atoms with E-state index in [1.54, 1.807) is 0 Å². The van der Waals surface area contributed by atoms with E-state index in [1.807, 2.05) is 31.2 Å². The summed E-state index contributed by atoms with van der Waals surface area (Å²) in [6, 6.07) is 15.9. The lowest BCUT2D eigenvalue weighted by atomic mass is 9.98. The molecule has 4 rings (SSSR count). The van der Waals surface area contributed by atoms with Crippen LogP contribution < -0.4 is 10.6 Å². The Morgan fingerprint density at radius 2 is 1.68 bits per heavy atom. The number of carbonyl (C=O) groups excluding carboxylic acids is 2. The van der Waals surface area contributed by atoms with Gasteiger partial charge in [-0.25, -0.2) is 4.79 Å². The maximum absolute atomic E-state index is 12.6. The number of hydrogen-bond donors (Lipinski definition) is 3. The zero-order valence-corrected chi connectivity index (χ0v) is 19.5. The van der Waals surface area contributed by atoms with Crippen LogP contribution in [0.3, 0.4) is 0 Å². The molecule has 0 spiro atoms. The van der Waals surface area contributed by atoms with Crippen molar-refractivity contribution < 1.29 is 24.2 Å². The van der Waals surface area contributed by atoms with E-state index in [4.69, 9.17) is 9.84 Å². The minimum atomic E-state index is -0.931. The normalized spacial score (nSPS) is 16.1. The van der Waals surface area contributed by atoms with E-state index in [1.165, 1.54) is 11.1 Å². The minimum absolute atomic E-state index is 0.0213. The van der Waals surface area contributed by atoms with Gasteiger partial charge in [-0.1, -0.05) is 68.3 Å². The second-order valence-electron chi connectivity index (χ2n) is 9.41. The van der Waals surface area contributed by atoms with Crippen LogP contribution in [-0.2, 0) is 14.3 Å². The SMILES string of the molecule is CCCC[C@H](CC(=O)O)NC(=O)CC1(NC(=O)OCC2c3ccccc3-c3ccccc32)CC1. The summed E-state index contributed by atoms with van der Waals surface area (Å²) in [5.41, 5.74) is 4.02. The van der Waals surface area contributed by atoms with Crippen LogP contribution in [0.5, 0.6) is 0 Å². The Labute approximate surface area is 199 Å². The molecule has 3 N–H and O–H groups in total. The summed E-state index contributed by atoms with van der Waals surface area (Å²) in [7, 11) is 0. The third kappa shape index (κ3) is 5.58. The van der Waals surface area contributed by atoms with E-state index in [0.717, 1.165) is 24.0 Å². The topological polar surface area (TPSA) is 105 Å². The fourth-order valence-corrected chi connectivity index (χ4v) is 4.82. The lowest BCUT2D eigenvalue weighted by Crippen LogP contribution is -2.44. The number of unbranched alkanes of at least 4 members (excludes halogenated alkanes) is 1. The van der Waals surface area contributed by atoms with Crippen LogP contribution in [0.15, 0.2) is 48.5 Å². The van der Waals surface area contributed by atoms with E-state index in [2.05, 4.69) is 34.9 Å². The molecule has 0 aliphatic heterocycles. The van der Waals surface area contributed by atoms with E-state index in [0.29, 0.717) is 19.3 Å². The van der Waals surface area contributed by atoms with Crippen molar-refractivity contribution in [2.24, 2.45) is 0 Å². The lowest BCUT2D eigenvalue weighted by molar-refractivity contribution is -0.137. The van der Waals surface area contributed by atoms with Crippen molar-refractivity contribution in [3.05, 3.63) is 59.7 Å². The molecular weight excluding hydrogens is 432 g/mol. The fourth-order valence-electron chi connectivity index (χ4n) is 4.82. The molecule has 7 heteroatoms. The first-order valence-electron chi connectivity index (χ1n) is 12.0. The van der Waals surface area contributed by atoms with E-state index in [9.17, 15) is 14.4 Å². The van der Waals surface area contributed by atoms with Gasteiger partial charge in [0.05, 0.1) is 12.0 Å². The number of amides is 2. The van der Waals surface area contributed by atoms with Gasteiger partial charge in [0.1, 0.15) is 6.61 Å². The van der Waals surface area contributed by atoms with Gasteiger partial charge in [-0.05, 0) is 41.5 Å². The number of hydrogen-bond acceptors (Lipinski definition) is 4. The highest BCUT2D eigenvalue weighted by Gasteiger charge is 2.46. The van der Waals surface area contributed by atoms with Crippen molar-refractivity contribution in [3.63, 3.8) is 0 Å². The number of carboxylic acid groups (broad SMARTS) is 1. The summed E-state index contributed by atoms with van der Waals surface area (Å²) in [6.07, 6.45) is 3.30. The third-order valence-electron chi connectivity index (χ3n) is 6.76. The van der Waals surface area contributed by atoms with Crippen LogP contribution in [0.2, 0.25) is 0 Å². The summed E-state index contributed by atoms with van der Waals surface area (Å²) in [4.78, 5) is 36.3. The molecule has 2 aliphatic carbocycles. The maximum Gasteiger partial charge on any atom is 0.407 e. The second-order valence-corrected chi connectivity index (χ2v) is 9.41. The number of alkyl carbamates (subject to hydrolysis) is 1. The van der Waals surface area contributed by atoms with Gasteiger partial charge in [-0.15, -0.1) is 0 Å². The van der Waals surface area contributed by atoms with Gasteiger partial charge < -0.3 is 20.5 Å². The molecule has 2 aromatic rings. The number of carbonyl (C=O) groups is 3. The second kappa shape index (κ2) is 10.3. The maximum atomic E-state index is 12.6. The van der Waals surface area contributed by atoms with Gasteiger partial charge in [0.15, 0.2) is 0 Å². The summed E-state index contributed by atoms with van der Waals surface area (Å²) in [5.74, 6) is -1.19. The van der Waals surface area contributed by atoms with Gasteiger partial charge in [0.2, 0.25) is 5.91 Å². The molecule has 2 aliphatic rings. The molecule has 1 saturated carbocycles.